The van der Waals surface area contributed by atoms with E-state index in [2.05, 4.69) is 52.4 Å². The second-order valence-electron chi connectivity index (χ2n) is 3.76. The van der Waals surface area contributed by atoms with Gasteiger partial charge in [0.1, 0.15) is 5.76 Å². The third-order valence-corrected chi connectivity index (χ3v) is 3.02. The summed E-state index contributed by atoms with van der Waals surface area (Å²) in [6.45, 7) is 3.68. The first kappa shape index (κ1) is 11.4. The van der Waals surface area contributed by atoms with Gasteiger partial charge in [0.25, 0.3) is 0 Å². The molecule has 0 spiro atoms. The standard InChI is InChI=1S/C13H14BrNO/c1-10-6-7-16-13(10)9-15-8-11-2-4-12(14)5-3-11/h2-7,15H,8-9H2,1H3. The Hall–Kier alpha value is -1.06. The third-order valence-electron chi connectivity index (χ3n) is 2.50. The van der Waals surface area contributed by atoms with Gasteiger partial charge in [-0.1, -0.05) is 28.1 Å². The van der Waals surface area contributed by atoms with Crippen molar-refractivity contribution < 1.29 is 4.42 Å². The number of hydrogen-bond acceptors (Lipinski definition) is 2. The van der Waals surface area contributed by atoms with Crippen molar-refractivity contribution in [3.63, 3.8) is 0 Å². The minimum Gasteiger partial charge on any atom is -0.468 e. The molecule has 0 aliphatic rings. The summed E-state index contributed by atoms with van der Waals surface area (Å²) >= 11 is 3.42. The molecule has 0 bridgehead atoms. The van der Waals surface area contributed by atoms with Crippen molar-refractivity contribution in [3.8, 4) is 0 Å². The van der Waals surface area contributed by atoms with Gasteiger partial charge in [-0.05, 0) is 36.2 Å². The summed E-state index contributed by atoms with van der Waals surface area (Å²) in [4.78, 5) is 0. The molecule has 0 fully saturated rings. The average Bonchev–Trinajstić information content (AvgIpc) is 2.68. The van der Waals surface area contributed by atoms with Gasteiger partial charge in [0.05, 0.1) is 12.8 Å². The molecule has 0 amide bonds. The topological polar surface area (TPSA) is 25.2 Å². The number of halogens is 1. The van der Waals surface area contributed by atoms with Crippen molar-refractivity contribution in [1.29, 1.82) is 0 Å². The lowest BCUT2D eigenvalue weighted by atomic mass is 10.2. The van der Waals surface area contributed by atoms with E-state index in [9.17, 15) is 0 Å². The summed E-state index contributed by atoms with van der Waals surface area (Å²) in [5.74, 6) is 1.01. The summed E-state index contributed by atoms with van der Waals surface area (Å²) in [6.07, 6.45) is 1.73. The molecule has 2 nitrogen and oxygen atoms in total. The Bertz CT molecular complexity index is 447. The summed E-state index contributed by atoms with van der Waals surface area (Å²) in [7, 11) is 0. The lowest BCUT2D eigenvalue weighted by molar-refractivity contribution is 0.480. The Morgan fingerprint density at radius 3 is 2.50 bits per heavy atom. The van der Waals surface area contributed by atoms with Crippen molar-refractivity contribution >= 4 is 15.9 Å². The van der Waals surface area contributed by atoms with Gasteiger partial charge in [-0.3, -0.25) is 0 Å². The second-order valence-corrected chi connectivity index (χ2v) is 4.67. The van der Waals surface area contributed by atoms with Crippen LogP contribution in [0.15, 0.2) is 45.5 Å². The molecule has 0 unspecified atom stereocenters. The van der Waals surface area contributed by atoms with Crippen LogP contribution < -0.4 is 5.32 Å². The van der Waals surface area contributed by atoms with Gasteiger partial charge < -0.3 is 9.73 Å². The maximum absolute atomic E-state index is 5.35. The molecule has 0 saturated heterocycles. The molecular formula is C13H14BrNO. The van der Waals surface area contributed by atoms with Crippen LogP contribution in [0, 0.1) is 6.92 Å². The van der Waals surface area contributed by atoms with Gasteiger partial charge in [0.2, 0.25) is 0 Å². The van der Waals surface area contributed by atoms with E-state index < -0.39 is 0 Å². The monoisotopic (exact) mass is 279 g/mol. The highest BCUT2D eigenvalue weighted by Crippen LogP contribution is 2.11. The molecule has 0 aliphatic heterocycles. The van der Waals surface area contributed by atoms with Crippen LogP contribution in [-0.4, -0.2) is 0 Å². The van der Waals surface area contributed by atoms with E-state index in [1.54, 1.807) is 6.26 Å². The van der Waals surface area contributed by atoms with Crippen LogP contribution in [0.4, 0.5) is 0 Å². The molecule has 0 radical (unpaired) electrons. The van der Waals surface area contributed by atoms with E-state index in [-0.39, 0.29) is 0 Å². The van der Waals surface area contributed by atoms with Gasteiger partial charge in [-0.15, -0.1) is 0 Å². The second kappa shape index (κ2) is 5.32. The Morgan fingerprint density at radius 1 is 1.12 bits per heavy atom. The number of hydrogen-bond donors (Lipinski definition) is 1. The molecule has 0 atom stereocenters. The van der Waals surface area contributed by atoms with Crippen molar-refractivity contribution in [2.75, 3.05) is 0 Å². The zero-order valence-electron chi connectivity index (χ0n) is 9.16. The fourth-order valence-electron chi connectivity index (χ4n) is 1.51. The third kappa shape index (κ3) is 2.97. The largest absolute Gasteiger partial charge is 0.468 e. The van der Waals surface area contributed by atoms with Crippen molar-refractivity contribution in [3.05, 3.63) is 58.0 Å². The molecule has 16 heavy (non-hydrogen) atoms. The van der Waals surface area contributed by atoms with Gasteiger partial charge in [0.15, 0.2) is 0 Å². The van der Waals surface area contributed by atoms with Crippen LogP contribution in [0.25, 0.3) is 0 Å². The van der Waals surface area contributed by atoms with Crippen LogP contribution in [0.1, 0.15) is 16.9 Å². The van der Waals surface area contributed by atoms with Gasteiger partial charge in [-0.2, -0.15) is 0 Å². The quantitative estimate of drug-likeness (QED) is 0.925. The molecule has 0 saturated carbocycles. The number of benzene rings is 1. The molecular weight excluding hydrogens is 266 g/mol. The molecule has 84 valence electrons. The van der Waals surface area contributed by atoms with Crippen molar-refractivity contribution in [2.45, 2.75) is 20.0 Å². The minimum absolute atomic E-state index is 0.773. The minimum atomic E-state index is 0.773. The fraction of sp³-hybridized carbons (Fsp3) is 0.231. The van der Waals surface area contributed by atoms with Crippen molar-refractivity contribution in [1.82, 2.24) is 5.32 Å². The maximum Gasteiger partial charge on any atom is 0.120 e. The molecule has 1 aromatic heterocycles. The van der Waals surface area contributed by atoms with E-state index in [1.165, 1.54) is 11.1 Å². The van der Waals surface area contributed by atoms with Crippen LogP contribution in [-0.2, 0) is 13.1 Å². The predicted molar refractivity (Wildman–Crippen MR) is 68.1 cm³/mol. The first-order chi connectivity index (χ1) is 7.75. The van der Waals surface area contributed by atoms with E-state index in [4.69, 9.17) is 4.42 Å². The van der Waals surface area contributed by atoms with Gasteiger partial charge >= 0.3 is 0 Å². The van der Waals surface area contributed by atoms with Crippen molar-refractivity contribution in [2.24, 2.45) is 0 Å². The molecule has 3 heteroatoms. The van der Waals surface area contributed by atoms with E-state index in [1.807, 2.05) is 6.07 Å². The summed E-state index contributed by atoms with van der Waals surface area (Å²) < 4.78 is 6.46. The first-order valence-corrected chi connectivity index (χ1v) is 6.03. The molecule has 1 heterocycles. The fourth-order valence-corrected chi connectivity index (χ4v) is 1.77. The van der Waals surface area contributed by atoms with Crippen LogP contribution >= 0.6 is 15.9 Å². The molecule has 2 aromatic rings. The normalized spacial score (nSPS) is 10.6. The zero-order valence-corrected chi connectivity index (χ0v) is 10.8. The van der Waals surface area contributed by atoms with Crippen LogP contribution in [0.2, 0.25) is 0 Å². The van der Waals surface area contributed by atoms with E-state index in [0.717, 1.165) is 23.3 Å². The highest BCUT2D eigenvalue weighted by molar-refractivity contribution is 9.10. The number of furan rings is 1. The maximum atomic E-state index is 5.35. The average molecular weight is 280 g/mol. The van der Waals surface area contributed by atoms with E-state index in [0.29, 0.717) is 0 Å². The Morgan fingerprint density at radius 2 is 1.88 bits per heavy atom. The molecule has 1 aromatic carbocycles. The Labute approximate surface area is 104 Å². The number of nitrogens with one attached hydrogen (secondary N) is 1. The van der Waals surface area contributed by atoms with Crippen LogP contribution in [0.3, 0.4) is 0 Å². The Kier molecular flexibility index (Phi) is 3.80. The highest BCUT2D eigenvalue weighted by Gasteiger charge is 2.00. The van der Waals surface area contributed by atoms with Gasteiger partial charge in [-0.25, -0.2) is 0 Å². The lowest BCUT2D eigenvalue weighted by Crippen LogP contribution is -2.12. The Balaban J connectivity index is 1.84. The first-order valence-electron chi connectivity index (χ1n) is 5.24. The smallest absolute Gasteiger partial charge is 0.120 e. The van der Waals surface area contributed by atoms with Crippen LogP contribution in [0.5, 0.6) is 0 Å². The molecule has 2 rings (SSSR count). The summed E-state index contributed by atoms with van der Waals surface area (Å²) in [5.41, 5.74) is 2.47. The van der Waals surface area contributed by atoms with E-state index >= 15 is 0 Å². The zero-order chi connectivity index (χ0) is 11.4. The predicted octanol–water partition coefficient (Wildman–Crippen LogP) is 3.64. The summed E-state index contributed by atoms with van der Waals surface area (Å²) in [5, 5.41) is 3.36. The molecule has 0 aliphatic carbocycles. The lowest BCUT2D eigenvalue weighted by Gasteiger charge is -2.04. The number of rotatable bonds is 4. The number of aryl methyl sites for hydroxylation is 1. The molecule has 1 N–H and O–H groups in total. The van der Waals surface area contributed by atoms with Gasteiger partial charge in [0, 0.05) is 11.0 Å². The highest BCUT2D eigenvalue weighted by atomic mass is 79.9. The summed E-state index contributed by atoms with van der Waals surface area (Å²) in [6, 6.07) is 10.3. The SMILES string of the molecule is Cc1ccoc1CNCc1ccc(Br)cc1.